The maximum absolute atomic E-state index is 12.8. The minimum Gasteiger partial charge on any atom is -0.456 e. The van der Waals surface area contributed by atoms with Crippen molar-refractivity contribution in [2.75, 3.05) is 5.32 Å². The van der Waals surface area contributed by atoms with Crippen molar-refractivity contribution < 1.29 is 19.1 Å². The molecule has 0 saturated heterocycles. The smallest absolute Gasteiger partial charge is 0.353 e. The number of rotatable bonds is 11. The molecule has 3 aromatic rings. The normalized spacial score (nSPS) is 12.6. The summed E-state index contributed by atoms with van der Waals surface area (Å²) in [6.07, 6.45) is 3.67. The van der Waals surface area contributed by atoms with Crippen LogP contribution < -0.4 is 11.1 Å². The lowest BCUT2D eigenvalue weighted by molar-refractivity contribution is -0.137. The molecule has 0 aliphatic carbocycles. The van der Waals surface area contributed by atoms with Gasteiger partial charge in [-0.25, -0.2) is 9.78 Å². The highest BCUT2D eigenvalue weighted by Crippen LogP contribution is 2.25. The number of nitrogens with two attached hydrogens (primary N) is 1. The number of amides is 2. The lowest BCUT2D eigenvalue weighted by atomic mass is 9.99. The summed E-state index contributed by atoms with van der Waals surface area (Å²) < 4.78 is 5.18. The van der Waals surface area contributed by atoms with Crippen LogP contribution in [0.15, 0.2) is 72.1 Å². The average Bonchev–Trinajstić information content (AvgIpc) is 3.32. The Kier molecular flexibility index (Phi) is 9.02. The highest BCUT2D eigenvalue weighted by Gasteiger charge is 2.29. The van der Waals surface area contributed by atoms with Crippen molar-refractivity contribution in [2.45, 2.75) is 25.9 Å². The Morgan fingerprint density at radius 3 is 2.40 bits per heavy atom. The minimum atomic E-state index is -1.00. The summed E-state index contributed by atoms with van der Waals surface area (Å²) in [6.45, 7) is 1.72. The molecule has 4 N–H and O–H groups in total. The fourth-order valence-electron chi connectivity index (χ4n) is 3.25. The molecule has 0 fully saturated rings. The number of nitrogens with zero attached hydrogens (tertiary/aromatic N) is 1. The maximum Gasteiger partial charge on any atom is 0.353 e. The Balaban J connectivity index is 1.63. The van der Waals surface area contributed by atoms with Gasteiger partial charge in [0.1, 0.15) is 12.3 Å². The summed E-state index contributed by atoms with van der Waals surface area (Å²) in [5.74, 6) is -3.75. The number of anilines is 1. The van der Waals surface area contributed by atoms with E-state index >= 15 is 0 Å². The molecule has 0 saturated carbocycles. The van der Waals surface area contributed by atoms with Crippen LogP contribution in [0.4, 0.5) is 5.13 Å². The summed E-state index contributed by atoms with van der Waals surface area (Å²) >= 11 is 1.13. The van der Waals surface area contributed by atoms with Gasteiger partial charge in [-0.1, -0.05) is 79.7 Å². The second-order valence-electron chi connectivity index (χ2n) is 7.65. The SMILES string of the molecule is CCC(C(=N)C(=O)OCc1ccccc1)C(=O)Nc1nc(C(C=Cc2ccccc2)C(N)=O)cs1. The number of benzene rings is 2. The maximum atomic E-state index is 12.8. The summed E-state index contributed by atoms with van der Waals surface area (Å²) in [5, 5.41) is 12.7. The van der Waals surface area contributed by atoms with Crippen LogP contribution in [0.2, 0.25) is 0 Å². The molecular formula is C26H26N4O4S. The number of primary amides is 1. The molecule has 8 nitrogen and oxygen atoms in total. The molecule has 9 heteroatoms. The molecular weight excluding hydrogens is 464 g/mol. The molecule has 2 atom stereocenters. The Hall–Kier alpha value is -4.11. The third-order valence-corrected chi connectivity index (χ3v) is 5.94. The van der Waals surface area contributed by atoms with Crippen molar-refractivity contribution >= 4 is 46.0 Å². The highest BCUT2D eigenvalue weighted by molar-refractivity contribution is 7.14. The molecule has 3 rings (SSSR count). The van der Waals surface area contributed by atoms with Crippen LogP contribution in [-0.2, 0) is 25.7 Å². The van der Waals surface area contributed by atoms with Crippen LogP contribution in [0, 0.1) is 11.3 Å². The van der Waals surface area contributed by atoms with Crippen LogP contribution in [0.5, 0.6) is 0 Å². The van der Waals surface area contributed by atoms with Crippen molar-refractivity contribution in [3.8, 4) is 0 Å². The Bertz CT molecular complexity index is 1210. The van der Waals surface area contributed by atoms with Crippen LogP contribution >= 0.6 is 11.3 Å². The fraction of sp³-hybridized carbons (Fsp3) is 0.192. The van der Waals surface area contributed by atoms with Gasteiger partial charge in [0.15, 0.2) is 5.13 Å². The predicted molar refractivity (Wildman–Crippen MR) is 136 cm³/mol. The van der Waals surface area contributed by atoms with Crippen molar-refractivity contribution in [1.82, 2.24) is 4.98 Å². The first-order valence-corrected chi connectivity index (χ1v) is 11.8. The van der Waals surface area contributed by atoms with Crippen LogP contribution in [0.3, 0.4) is 0 Å². The monoisotopic (exact) mass is 490 g/mol. The van der Waals surface area contributed by atoms with Crippen molar-refractivity contribution in [3.05, 3.63) is 88.9 Å². The lowest BCUT2D eigenvalue weighted by Crippen LogP contribution is -2.34. The topological polar surface area (TPSA) is 135 Å². The zero-order valence-corrected chi connectivity index (χ0v) is 20.0. The number of thiazole rings is 1. The second kappa shape index (κ2) is 12.4. The molecule has 0 aliphatic heterocycles. The van der Waals surface area contributed by atoms with E-state index in [0.29, 0.717) is 5.69 Å². The van der Waals surface area contributed by atoms with E-state index in [1.165, 1.54) is 0 Å². The summed E-state index contributed by atoms with van der Waals surface area (Å²) in [6, 6.07) is 18.5. The van der Waals surface area contributed by atoms with E-state index in [9.17, 15) is 14.4 Å². The number of nitrogens with one attached hydrogen (secondary N) is 2. The van der Waals surface area contributed by atoms with E-state index in [1.807, 2.05) is 48.5 Å². The van der Waals surface area contributed by atoms with E-state index < -0.39 is 35.3 Å². The van der Waals surface area contributed by atoms with E-state index in [0.717, 1.165) is 22.5 Å². The van der Waals surface area contributed by atoms with Crippen molar-refractivity contribution in [2.24, 2.45) is 11.7 Å². The minimum absolute atomic E-state index is 0.0148. The number of hydrogen-bond donors (Lipinski definition) is 3. The molecule has 0 spiro atoms. The van der Waals surface area contributed by atoms with Gasteiger partial charge in [-0.15, -0.1) is 11.3 Å². The standard InChI is InChI=1S/C26H26N4O4S/c1-2-19(22(27)25(33)34-15-18-11-7-4-8-12-18)24(32)30-26-29-21(16-35-26)20(23(28)31)14-13-17-9-5-3-6-10-17/h3-14,16,19-20,27H,2,15H2,1H3,(H2,28,31)(H,29,30,32). The van der Waals surface area contributed by atoms with Gasteiger partial charge in [-0.3, -0.25) is 15.0 Å². The van der Waals surface area contributed by atoms with Crippen LogP contribution in [0.25, 0.3) is 6.08 Å². The highest BCUT2D eigenvalue weighted by atomic mass is 32.1. The Morgan fingerprint density at radius 2 is 1.77 bits per heavy atom. The first kappa shape index (κ1) is 25.5. The van der Waals surface area contributed by atoms with Crippen LogP contribution in [0.1, 0.15) is 36.1 Å². The fourth-order valence-corrected chi connectivity index (χ4v) is 4.00. The summed E-state index contributed by atoms with van der Waals surface area (Å²) in [5.41, 5.74) is 7.22. The van der Waals surface area contributed by atoms with Crippen molar-refractivity contribution in [3.63, 3.8) is 0 Å². The van der Waals surface area contributed by atoms with Crippen molar-refractivity contribution in [1.29, 1.82) is 5.41 Å². The Morgan fingerprint density at radius 1 is 1.11 bits per heavy atom. The van der Waals surface area contributed by atoms with E-state index in [1.54, 1.807) is 36.6 Å². The molecule has 1 aromatic heterocycles. The van der Waals surface area contributed by atoms with Gasteiger partial charge in [0.05, 0.1) is 17.5 Å². The number of ether oxygens (including phenoxy) is 1. The van der Waals surface area contributed by atoms with E-state index in [-0.39, 0.29) is 18.2 Å². The summed E-state index contributed by atoms with van der Waals surface area (Å²) in [4.78, 5) is 41.5. The van der Waals surface area contributed by atoms with Gasteiger partial charge >= 0.3 is 5.97 Å². The molecule has 2 aromatic carbocycles. The van der Waals surface area contributed by atoms with Crippen LogP contribution in [-0.4, -0.2) is 28.5 Å². The number of hydrogen-bond acceptors (Lipinski definition) is 7. The number of carbonyl (C=O) groups is 3. The van der Waals surface area contributed by atoms with E-state index in [4.69, 9.17) is 15.9 Å². The van der Waals surface area contributed by atoms with Gasteiger partial charge in [-0.2, -0.15) is 0 Å². The second-order valence-corrected chi connectivity index (χ2v) is 8.51. The Labute approximate surface area is 207 Å². The van der Waals surface area contributed by atoms with Gasteiger partial charge in [0.25, 0.3) is 0 Å². The van der Waals surface area contributed by atoms with Gasteiger partial charge in [-0.05, 0) is 17.5 Å². The molecule has 2 amide bonds. The molecule has 35 heavy (non-hydrogen) atoms. The first-order chi connectivity index (χ1) is 16.9. The number of esters is 1. The van der Waals surface area contributed by atoms with Gasteiger partial charge in [0, 0.05) is 5.38 Å². The van der Waals surface area contributed by atoms with Gasteiger partial charge in [0.2, 0.25) is 11.8 Å². The number of carbonyl (C=O) groups excluding carboxylic acids is 3. The third kappa shape index (κ3) is 7.18. The zero-order chi connectivity index (χ0) is 25.2. The molecule has 2 unspecified atom stereocenters. The lowest BCUT2D eigenvalue weighted by Gasteiger charge is -2.14. The molecule has 0 radical (unpaired) electrons. The molecule has 0 bridgehead atoms. The van der Waals surface area contributed by atoms with Gasteiger partial charge < -0.3 is 15.8 Å². The average molecular weight is 491 g/mol. The third-order valence-electron chi connectivity index (χ3n) is 5.16. The molecule has 1 heterocycles. The number of aromatic nitrogens is 1. The first-order valence-electron chi connectivity index (χ1n) is 11.0. The predicted octanol–water partition coefficient (Wildman–Crippen LogP) is 4.15. The summed E-state index contributed by atoms with van der Waals surface area (Å²) in [7, 11) is 0. The quantitative estimate of drug-likeness (QED) is 0.274. The zero-order valence-electron chi connectivity index (χ0n) is 19.1. The molecule has 180 valence electrons. The molecule has 0 aliphatic rings. The van der Waals surface area contributed by atoms with E-state index in [2.05, 4.69) is 10.3 Å². The largest absolute Gasteiger partial charge is 0.456 e.